The average molecular weight is 300 g/mol. The monoisotopic (exact) mass is 299 g/mol. The van der Waals surface area contributed by atoms with Crippen LogP contribution in [0.5, 0.6) is 0 Å². The van der Waals surface area contributed by atoms with Crippen LogP contribution in [0.1, 0.15) is 6.42 Å². The predicted octanol–water partition coefficient (Wildman–Crippen LogP) is -0.166. The van der Waals surface area contributed by atoms with Gasteiger partial charge in [0, 0.05) is 32.1 Å². The second kappa shape index (κ2) is 7.13. The number of carbonyl (C=O) groups is 1. The first kappa shape index (κ1) is 15.5. The third kappa shape index (κ3) is 4.60. The van der Waals surface area contributed by atoms with Crippen LogP contribution in [0.3, 0.4) is 0 Å². The molecule has 0 unspecified atom stereocenters. The van der Waals surface area contributed by atoms with E-state index in [1.807, 2.05) is 4.72 Å². The first-order chi connectivity index (χ1) is 8.49. The van der Waals surface area contributed by atoms with Crippen LogP contribution in [0, 0.1) is 0 Å². The molecule has 1 rings (SSSR count). The molecule has 106 valence electrons. The summed E-state index contributed by atoms with van der Waals surface area (Å²) in [6.07, 6.45) is -0.268. The van der Waals surface area contributed by atoms with Crippen LogP contribution in [0.15, 0.2) is 0 Å². The summed E-state index contributed by atoms with van der Waals surface area (Å²) in [5, 5.41) is 0. The van der Waals surface area contributed by atoms with Crippen molar-refractivity contribution in [2.24, 2.45) is 0 Å². The van der Waals surface area contributed by atoms with Crippen LogP contribution in [-0.2, 0) is 14.9 Å². The van der Waals surface area contributed by atoms with E-state index in [1.165, 1.54) is 4.31 Å². The van der Waals surface area contributed by atoms with Crippen molar-refractivity contribution < 1.29 is 17.9 Å². The summed E-state index contributed by atoms with van der Waals surface area (Å²) in [4.78, 5) is 13.1. The van der Waals surface area contributed by atoms with Gasteiger partial charge in [-0.25, -0.2) is 9.52 Å². The number of nitrogens with zero attached hydrogens (tertiary/aromatic N) is 2. The molecule has 9 heteroatoms. The Morgan fingerprint density at radius 1 is 1.33 bits per heavy atom. The molecule has 0 radical (unpaired) electrons. The molecule has 0 bridgehead atoms. The zero-order valence-corrected chi connectivity index (χ0v) is 11.8. The van der Waals surface area contributed by atoms with Gasteiger partial charge in [-0.2, -0.15) is 12.7 Å². The Labute approximate surface area is 112 Å². The van der Waals surface area contributed by atoms with E-state index in [-0.39, 0.29) is 0 Å². The minimum atomic E-state index is -3.81. The molecule has 1 heterocycles. The summed E-state index contributed by atoms with van der Waals surface area (Å²) in [5.74, 6) is 0.521. The molecule has 1 N–H and O–H groups in total. The van der Waals surface area contributed by atoms with Crippen molar-refractivity contribution in [2.75, 3.05) is 45.7 Å². The molecule has 0 aliphatic carbocycles. The Morgan fingerprint density at radius 3 is 2.67 bits per heavy atom. The smallest absolute Gasteiger partial charge is 0.421 e. The van der Waals surface area contributed by atoms with E-state index < -0.39 is 16.3 Å². The third-order valence-corrected chi connectivity index (χ3v) is 4.32. The molecule has 0 spiro atoms. The summed E-state index contributed by atoms with van der Waals surface area (Å²) in [7, 11) is -2.69. The number of amides is 1. The Balaban J connectivity index is 2.59. The molecule has 7 nitrogen and oxygen atoms in total. The number of nitrogens with one attached hydrogen (secondary N) is 1. The molecular formula is C9H18ClN3O4S. The van der Waals surface area contributed by atoms with E-state index in [9.17, 15) is 13.2 Å². The fourth-order valence-electron chi connectivity index (χ4n) is 1.74. The molecule has 1 saturated heterocycles. The minimum absolute atomic E-state index is 0.337. The van der Waals surface area contributed by atoms with Gasteiger partial charge in [-0.1, -0.05) is 0 Å². The topological polar surface area (TPSA) is 78.9 Å². The van der Waals surface area contributed by atoms with Gasteiger partial charge >= 0.3 is 16.3 Å². The van der Waals surface area contributed by atoms with Crippen molar-refractivity contribution in [3.8, 4) is 0 Å². The Bertz CT molecular complexity index is 376. The van der Waals surface area contributed by atoms with Gasteiger partial charge < -0.3 is 9.64 Å². The summed E-state index contributed by atoms with van der Waals surface area (Å²) in [6, 6.07) is 0. The molecule has 0 atom stereocenters. The van der Waals surface area contributed by atoms with Gasteiger partial charge in [0.1, 0.15) is 0 Å². The lowest BCUT2D eigenvalue weighted by atomic mass is 10.4. The molecule has 0 aromatic rings. The summed E-state index contributed by atoms with van der Waals surface area (Å²) < 4.78 is 31.1. The first-order valence-electron chi connectivity index (χ1n) is 5.63. The fourth-order valence-corrected chi connectivity index (χ4v) is 3.10. The van der Waals surface area contributed by atoms with Crippen LogP contribution >= 0.6 is 11.6 Å². The molecule has 1 aliphatic heterocycles. The number of carbonyl (C=O) groups excluding carboxylic acids is 1. The van der Waals surface area contributed by atoms with Crippen LogP contribution < -0.4 is 4.72 Å². The molecule has 0 aromatic carbocycles. The lowest BCUT2D eigenvalue weighted by Gasteiger charge is -2.20. The summed E-state index contributed by atoms with van der Waals surface area (Å²) in [5.41, 5.74) is 0. The molecule has 1 amide bonds. The van der Waals surface area contributed by atoms with E-state index in [4.69, 9.17) is 11.6 Å². The lowest BCUT2D eigenvalue weighted by molar-refractivity contribution is 0.177. The normalized spacial score (nSPS) is 19.2. The summed E-state index contributed by atoms with van der Waals surface area (Å²) in [6.45, 7) is 2.86. The van der Waals surface area contributed by atoms with Crippen molar-refractivity contribution in [1.29, 1.82) is 0 Å². The second-order valence-electron chi connectivity index (χ2n) is 3.88. The Morgan fingerprint density at radius 2 is 2.06 bits per heavy atom. The highest BCUT2D eigenvalue weighted by molar-refractivity contribution is 7.87. The highest BCUT2D eigenvalue weighted by Gasteiger charge is 2.26. The Hall–Kier alpha value is -0.570. The molecule has 1 aliphatic rings. The predicted molar refractivity (Wildman–Crippen MR) is 67.8 cm³/mol. The van der Waals surface area contributed by atoms with Crippen molar-refractivity contribution >= 4 is 27.9 Å². The van der Waals surface area contributed by atoms with Crippen LogP contribution in [0.4, 0.5) is 4.79 Å². The van der Waals surface area contributed by atoms with Crippen LogP contribution in [-0.4, -0.2) is 69.4 Å². The number of halogens is 1. The number of alkyl halides is 1. The van der Waals surface area contributed by atoms with E-state index in [1.54, 1.807) is 0 Å². The standard InChI is InChI=1S/C9H18ClN3O4S/c1-17-9(14)11-18(15,16)13-5-2-4-12(6-3-10)7-8-13/h2-8H2,1H3,(H,11,14). The highest BCUT2D eigenvalue weighted by atomic mass is 35.5. The number of rotatable bonds is 4. The SMILES string of the molecule is COC(=O)NS(=O)(=O)N1CCCN(CCCl)CC1. The zero-order valence-electron chi connectivity index (χ0n) is 10.3. The third-order valence-electron chi connectivity index (χ3n) is 2.69. The number of methoxy groups -OCH3 is 1. The van der Waals surface area contributed by atoms with Gasteiger partial charge in [0.25, 0.3) is 0 Å². The van der Waals surface area contributed by atoms with Crippen LogP contribution in [0.25, 0.3) is 0 Å². The van der Waals surface area contributed by atoms with E-state index in [0.717, 1.165) is 20.2 Å². The van der Waals surface area contributed by atoms with Crippen molar-refractivity contribution in [1.82, 2.24) is 13.9 Å². The first-order valence-corrected chi connectivity index (χ1v) is 7.61. The molecule has 18 heavy (non-hydrogen) atoms. The van der Waals surface area contributed by atoms with E-state index in [2.05, 4.69) is 9.64 Å². The lowest BCUT2D eigenvalue weighted by Crippen LogP contribution is -2.45. The van der Waals surface area contributed by atoms with Crippen molar-refractivity contribution in [3.63, 3.8) is 0 Å². The maximum absolute atomic E-state index is 11.8. The van der Waals surface area contributed by atoms with E-state index in [0.29, 0.717) is 31.9 Å². The number of hydrogen-bond acceptors (Lipinski definition) is 5. The molecule has 1 fully saturated rings. The Kier molecular flexibility index (Phi) is 6.13. The van der Waals surface area contributed by atoms with Gasteiger partial charge in [-0.3, -0.25) is 0 Å². The fraction of sp³-hybridized carbons (Fsp3) is 0.889. The highest BCUT2D eigenvalue weighted by Crippen LogP contribution is 2.07. The van der Waals surface area contributed by atoms with Gasteiger partial charge in [-0.05, 0) is 13.0 Å². The van der Waals surface area contributed by atoms with Gasteiger partial charge in [0.15, 0.2) is 0 Å². The molecule has 0 aromatic heterocycles. The largest absolute Gasteiger partial charge is 0.452 e. The number of hydrogen-bond donors (Lipinski definition) is 1. The minimum Gasteiger partial charge on any atom is -0.452 e. The maximum atomic E-state index is 11.8. The van der Waals surface area contributed by atoms with Gasteiger partial charge in [0.2, 0.25) is 0 Å². The maximum Gasteiger partial charge on any atom is 0.421 e. The molecule has 0 saturated carbocycles. The van der Waals surface area contributed by atoms with Gasteiger partial charge in [0.05, 0.1) is 7.11 Å². The van der Waals surface area contributed by atoms with Gasteiger partial charge in [-0.15, -0.1) is 11.6 Å². The average Bonchev–Trinajstić information content (AvgIpc) is 2.55. The summed E-state index contributed by atoms with van der Waals surface area (Å²) >= 11 is 5.66. The molecular weight excluding hydrogens is 282 g/mol. The quantitative estimate of drug-likeness (QED) is 0.730. The van der Waals surface area contributed by atoms with E-state index >= 15 is 0 Å². The van der Waals surface area contributed by atoms with Crippen LogP contribution in [0.2, 0.25) is 0 Å². The number of ether oxygens (including phenoxy) is 1. The zero-order chi connectivity index (χ0) is 13.6. The van der Waals surface area contributed by atoms with Crippen molar-refractivity contribution in [3.05, 3.63) is 0 Å². The van der Waals surface area contributed by atoms with Crippen molar-refractivity contribution in [2.45, 2.75) is 6.42 Å². The second-order valence-corrected chi connectivity index (χ2v) is 5.93.